The Morgan fingerprint density at radius 2 is 2.00 bits per heavy atom. The molecule has 1 aromatic heterocycles. The fraction of sp³-hybridized carbons (Fsp3) is 0.235. The number of aliphatic hydroxyl groups excluding tert-OH is 1. The maximum atomic E-state index is 9.59. The number of aromatic nitrogens is 2. The van der Waals surface area contributed by atoms with Crippen LogP contribution in [0.4, 0.5) is 0 Å². The molecular weight excluding hydrogens is 316 g/mol. The monoisotopic (exact) mass is 330 g/mol. The SMILES string of the molecule is OCc1nc2ccccc2n1Cc1cc(Cl)c2c(c1)OCCO2. The van der Waals surface area contributed by atoms with Crippen LogP contribution in [0, 0.1) is 0 Å². The molecule has 0 saturated heterocycles. The third-order valence-electron chi connectivity index (χ3n) is 3.87. The van der Waals surface area contributed by atoms with Crippen molar-refractivity contribution in [1.82, 2.24) is 9.55 Å². The molecule has 0 spiro atoms. The van der Waals surface area contributed by atoms with E-state index in [0.717, 1.165) is 16.6 Å². The Hall–Kier alpha value is -2.24. The van der Waals surface area contributed by atoms with Gasteiger partial charge in [0.15, 0.2) is 11.5 Å². The van der Waals surface area contributed by atoms with Crippen LogP contribution in [0.5, 0.6) is 11.5 Å². The van der Waals surface area contributed by atoms with Crippen molar-refractivity contribution in [2.24, 2.45) is 0 Å². The van der Waals surface area contributed by atoms with E-state index in [-0.39, 0.29) is 6.61 Å². The molecule has 118 valence electrons. The lowest BCUT2D eigenvalue weighted by atomic mass is 10.2. The molecule has 0 aliphatic carbocycles. The first-order valence-corrected chi connectivity index (χ1v) is 7.77. The summed E-state index contributed by atoms with van der Waals surface area (Å²) in [7, 11) is 0. The van der Waals surface area contributed by atoms with Gasteiger partial charge in [0.2, 0.25) is 0 Å². The number of ether oxygens (including phenoxy) is 2. The predicted octanol–water partition coefficient (Wildman–Crippen LogP) is 3.00. The van der Waals surface area contributed by atoms with E-state index < -0.39 is 0 Å². The van der Waals surface area contributed by atoms with Gasteiger partial charge < -0.3 is 19.1 Å². The number of imidazole rings is 1. The fourth-order valence-electron chi connectivity index (χ4n) is 2.86. The lowest BCUT2D eigenvalue weighted by Crippen LogP contribution is -2.16. The van der Waals surface area contributed by atoms with Crippen LogP contribution in [0.15, 0.2) is 36.4 Å². The Kier molecular flexibility index (Phi) is 3.59. The molecule has 1 N–H and O–H groups in total. The summed E-state index contributed by atoms with van der Waals surface area (Å²) in [6.07, 6.45) is 0. The van der Waals surface area contributed by atoms with E-state index in [1.807, 2.05) is 41.0 Å². The van der Waals surface area contributed by atoms with E-state index in [2.05, 4.69) is 4.98 Å². The van der Waals surface area contributed by atoms with Crippen LogP contribution >= 0.6 is 11.6 Å². The highest BCUT2D eigenvalue weighted by Gasteiger charge is 2.18. The van der Waals surface area contributed by atoms with E-state index in [0.29, 0.717) is 42.1 Å². The van der Waals surface area contributed by atoms with E-state index in [1.165, 1.54) is 0 Å². The molecule has 0 amide bonds. The number of benzene rings is 2. The summed E-state index contributed by atoms with van der Waals surface area (Å²) in [5, 5.41) is 10.1. The van der Waals surface area contributed by atoms with Gasteiger partial charge in [0.05, 0.1) is 16.1 Å². The van der Waals surface area contributed by atoms with Gasteiger partial charge in [-0.15, -0.1) is 0 Å². The molecule has 0 bridgehead atoms. The molecular formula is C17H15ClN2O3. The van der Waals surface area contributed by atoms with Crippen molar-refractivity contribution < 1.29 is 14.6 Å². The van der Waals surface area contributed by atoms with Crippen molar-refractivity contribution >= 4 is 22.6 Å². The van der Waals surface area contributed by atoms with Gasteiger partial charge >= 0.3 is 0 Å². The summed E-state index contributed by atoms with van der Waals surface area (Å²) in [4.78, 5) is 4.46. The van der Waals surface area contributed by atoms with Crippen LogP contribution in [-0.4, -0.2) is 27.9 Å². The normalized spacial score (nSPS) is 13.5. The zero-order chi connectivity index (χ0) is 15.8. The molecule has 0 atom stereocenters. The smallest absolute Gasteiger partial charge is 0.179 e. The zero-order valence-electron chi connectivity index (χ0n) is 12.3. The van der Waals surface area contributed by atoms with Gasteiger partial charge in [-0.2, -0.15) is 0 Å². The third-order valence-corrected chi connectivity index (χ3v) is 4.15. The molecule has 2 aromatic carbocycles. The molecule has 0 saturated carbocycles. The molecule has 0 radical (unpaired) electrons. The first-order chi connectivity index (χ1) is 11.3. The van der Waals surface area contributed by atoms with Crippen LogP contribution < -0.4 is 9.47 Å². The Morgan fingerprint density at radius 3 is 2.87 bits per heavy atom. The second kappa shape index (κ2) is 5.76. The third kappa shape index (κ3) is 2.52. The average Bonchev–Trinajstić information content (AvgIpc) is 2.93. The summed E-state index contributed by atoms with van der Waals surface area (Å²) in [5.41, 5.74) is 2.81. The molecule has 1 aliphatic rings. The second-order valence-electron chi connectivity index (χ2n) is 5.36. The van der Waals surface area contributed by atoms with E-state index in [1.54, 1.807) is 0 Å². The van der Waals surface area contributed by atoms with Gasteiger partial charge in [-0.1, -0.05) is 23.7 Å². The highest BCUT2D eigenvalue weighted by atomic mass is 35.5. The van der Waals surface area contributed by atoms with Crippen molar-refractivity contribution in [3.63, 3.8) is 0 Å². The minimum absolute atomic E-state index is 0.118. The van der Waals surface area contributed by atoms with Crippen molar-refractivity contribution in [2.75, 3.05) is 13.2 Å². The first kappa shape index (κ1) is 14.4. The summed E-state index contributed by atoms with van der Waals surface area (Å²) < 4.78 is 13.2. The number of hydrogen-bond donors (Lipinski definition) is 1. The van der Waals surface area contributed by atoms with Crippen molar-refractivity contribution in [2.45, 2.75) is 13.2 Å². The van der Waals surface area contributed by atoms with Crippen LogP contribution in [0.3, 0.4) is 0 Å². The van der Waals surface area contributed by atoms with E-state index in [9.17, 15) is 5.11 Å². The number of para-hydroxylation sites is 2. The molecule has 0 fully saturated rings. The number of aliphatic hydroxyl groups is 1. The van der Waals surface area contributed by atoms with E-state index >= 15 is 0 Å². The lowest BCUT2D eigenvalue weighted by molar-refractivity contribution is 0.171. The average molecular weight is 331 g/mol. The van der Waals surface area contributed by atoms with Crippen molar-refractivity contribution in [3.8, 4) is 11.5 Å². The quantitative estimate of drug-likeness (QED) is 0.802. The fourth-order valence-corrected chi connectivity index (χ4v) is 3.15. The molecule has 0 unspecified atom stereocenters. The minimum atomic E-state index is -0.118. The number of hydrogen-bond acceptors (Lipinski definition) is 4. The largest absolute Gasteiger partial charge is 0.486 e. The zero-order valence-corrected chi connectivity index (χ0v) is 13.1. The summed E-state index contributed by atoms with van der Waals surface area (Å²) >= 11 is 6.30. The Balaban J connectivity index is 1.78. The Labute approximate surface area is 138 Å². The van der Waals surface area contributed by atoms with Gasteiger partial charge in [-0.25, -0.2) is 4.98 Å². The maximum Gasteiger partial charge on any atom is 0.179 e. The highest BCUT2D eigenvalue weighted by Crippen LogP contribution is 2.38. The summed E-state index contributed by atoms with van der Waals surface area (Å²) in [6.45, 7) is 1.45. The number of halogens is 1. The van der Waals surface area contributed by atoms with E-state index in [4.69, 9.17) is 21.1 Å². The maximum absolute atomic E-state index is 9.59. The Bertz CT molecular complexity index is 876. The summed E-state index contributed by atoms with van der Waals surface area (Å²) in [5.74, 6) is 1.88. The number of fused-ring (bicyclic) bond motifs is 2. The number of nitrogens with zero attached hydrogens (tertiary/aromatic N) is 2. The molecule has 23 heavy (non-hydrogen) atoms. The molecule has 6 heteroatoms. The molecule has 2 heterocycles. The standard InChI is InChI=1S/C17H15ClN2O3/c18-12-7-11(8-15-17(12)23-6-5-22-15)9-20-14-4-2-1-3-13(14)19-16(20)10-21/h1-4,7-8,21H,5-6,9-10H2. The predicted molar refractivity (Wildman–Crippen MR) is 87.2 cm³/mol. The van der Waals surface area contributed by atoms with Gasteiger partial charge in [-0.05, 0) is 29.8 Å². The number of rotatable bonds is 3. The molecule has 5 nitrogen and oxygen atoms in total. The van der Waals surface area contributed by atoms with Crippen LogP contribution in [0.1, 0.15) is 11.4 Å². The van der Waals surface area contributed by atoms with Crippen LogP contribution in [0.2, 0.25) is 5.02 Å². The molecule has 1 aliphatic heterocycles. The minimum Gasteiger partial charge on any atom is -0.486 e. The van der Waals surface area contributed by atoms with Crippen LogP contribution in [0.25, 0.3) is 11.0 Å². The van der Waals surface area contributed by atoms with Gasteiger partial charge in [-0.3, -0.25) is 0 Å². The topological polar surface area (TPSA) is 56.5 Å². The van der Waals surface area contributed by atoms with Gasteiger partial charge in [0.1, 0.15) is 25.6 Å². The van der Waals surface area contributed by atoms with Gasteiger partial charge in [0, 0.05) is 6.54 Å². The van der Waals surface area contributed by atoms with Crippen molar-refractivity contribution in [3.05, 3.63) is 52.8 Å². The summed E-state index contributed by atoms with van der Waals surface area (Å²) in [6, 6.07) is 11.6. The molecule has 4 rings (SSSR count). The van der Waals surface area contributed by atoms with Crippen LogP contribution in [-0.2, 0) is 13.2 Å². The van der Waals surface area contributed by atoms with Crippen molar-refractivity contribution in [1.29, 1.82) is 0 Å². The molecule has 3 aromatic rings. The van der Waals surface area contributed by atoms with Gasteiger partial charge in [0.25, 0.3) is 0 Å². The second-order valence-corrected chi connectivity index (χ2v) is 5.77. The highest BCUT2D eigenvalue weighted by molar-refractivity contribution is 6.32. The lowest BCUT2D eigenvalue weighted by Gasteiger charge is -2.20. The first-order valence-electron chi connectivity index (χ1n) is 7.39. The Morgan fingerprint density at radius 1 is 1.17 bits per heavy atom.